The molecule has 1 atom stereocenters. The summed E-state index contributed by atoms with van der Waals surface area (Å²) in [5.74, 6) is -0.744. The molecule has 2 amide bonds. The van der Waals surface area contributed by atoms with Crippen LogP contribution in [-0.4, -0.2) is 44.3 Å². The lowest BCUT2D eigenvalue weighted by molar-refractivity contribution is -0.140. The van der Waals surface area contributed by atoms with Gasteiger partial charge in [-0.3, -0.25) is 13.9 Å². The first kappa shape index (κ1) is 29.4. The van der Waals surface area contributed by atoms with Crippen LogP contribution in [0.15, 0.2) is 82.2 Å². The van der Waals surface area contributed by atoms with Crippen LogP contribution in [0.5, 0.6) is 0 Å². The lowest BCUT2D eigenvalue weighted by Gasteiger charge is -2.33. The first-order chi connectivity index (χ1) is 18.1. The number of amides is 2. The molecule has 202 valence electrons. The van der Waals surface area contributed by atoms with Gasteiger partial charge in [0.1, 0.15) is 12.6 Å². The van der Waals surface area contributed by atoms with Crippen molar-refractivity contribution >= 4 is 43.5 Å². The minimum atomic E-state index is -4.09. The fraction of sp³-hybridized carbons (Fsp3) is 0.310. The van der Waals surface area contributed by atoms with Gasteiger partial charge in [-0.1, -0.05) is 76.4 Å². The number of hydrogen-bond donors (Lipinski definition) is 1. The molecule has 0 spiro atoms. The predicted octanol–water partition coefficient (Wildman–Crippen LogP) is 5.20. The third-order valence-electron chi connectivity index (χ3n) is 6.16. The Hall–Kier alpha value is -3.17. The maximum Gasteiger partial charge on any atom is 0.264 e. The summed E-state index contributed by atoms with van der Waals surface area (Å²) >= 11 is 3.41. The standard InChI is InChI=1S/C29H34BrN3O4S/c1-5-27(29(35)31-6-2)32(19-23-10-7-9-22(4)17-23)28(34)20-33(25-12-8-11-24(30)18-25)38(36,37)26-15-13-21(3)14-16-26/h7-18,27H,5-6,19-20H2,1-4H3,(H,31,35). The van der Waals surface area contributed by atoms with E-state index in [1.807, 2.05) is 52.0 Å². The van der Waals surface area contributed by atoms with E-state index in [0.29, 0.717) is 23.1 Å². The first-order valence-electron chi connectivity index (χ1n) is 12.5. The monoisotopic (exact) mass is 599 g/mol. The molecule has 0 saturated carbocycles. The Bertz CT molecular complexity index is 1380. The molecule has 0 aliphatic rings. The van der Waals surface area contributed by atoms with Crippen molar-refractivity contribution in [1.82, 2.24) is 10.2 Å². The molecule has 0 aliphatic carbocycles. The number of nitrogens with zero attached hydrogens (tertiary/aromatic N) is 2. The summed E-state index contributed by atoms with van der Waals surface area (Å²) in [5.41, 5.74) is 3.15. The minimum Gasteiger partial charge on any atom is -0.355 e. The summed E-state index contributed by atoms with van der Waals surface area (Å²) in [6.07, 6.45) is 0.380. The number of aryl methyl sites for hydroxylation is 2. The van der Waals surface area contributed by atoms with Gasteiger partial charge in [0, 0.05) is 17.6 Å². The number of likely N-dealkylation sites (N-methyl/N-ethyl adjacent to an activating group) is 1. The maximum atomic E-state index is 14.0. The van der Waals surface area contributed by atoms with E-state index < -0.39 is 28.5 Å². The minimum absolute atomic E-state index is 0.0804. The van der Waals surface area contributed by atoms with Gasteiger partial charge in [0.2, 0.25) is 11.8 Å². The van der Waals surface area contributed by atoms with Crippen molar-refractivity contribution in [3.8, 4) is 0 Å². The summed E-state index contributed by atoms with van der Waals surface area (Å²) in [6, 6.07) is 20.3. The second kappa shape index (κ2) is 13.1. The van der Waals surface area contributed by atoms with E-state index in [2.05, 4.69) is 21.2 Å². The number of anilines is 1. The zero-order chi connectivity index (χ0) is 27.9. The zero-order valence-corrected chi connectivity index (χ0v) is 24.6. The molecule has 0 heterocycles. The molecule has 0 fully saturated rings. The number of hydrogen-bond acceptors (Lipinski definition) is 4. The Morgan fingerprint density at radius 1 is 0.921 bits per heavy atom. The van der Waals surface area contributed by atoms with Crippen LogP contribution in [0, 0.1) is 13.8 Å². The molecule has 3 rings (SSSR count). The highest BCUT2D eigenvalue weighted by atomic mass is 79.9. The average Bonchev–Trinajstić information content (AvgIpc) is 2.87. The average molecular weight is 601 g/mol. The number of sulfonamides is 1. The summed E-state index contributed by atoms with van der Waals surface area (Å²) in [6.45, 7) is 7.63. The summed E-state index contributed by atoms with van der Waals surface area (Å²) < 4.78 is 29.5. The Morgan fingerprint density at radius 2 is 1.61 bits per heavy atom. The molecule has 9 heteroatoms. The van der Waals surface area contributed by atoms with Gasteiger partial charge in [0.25, 0.3) is 10.0 Å². The van der Waals surface area contributed by atoms with E-state index >= 15 is 0 Å². The SMILES string of the molecule is CCNC(=O)C(CC)N(Cc1cccc(C)c1)C(=O)CN(c1cccc(Br)c1)S(=O)(=O)c1ccc(C)cc1. The van der Waals surface area contributed by atoms with E-state index in [-0.39, 0.29) is 17.3 Å². The highest BCUT2D eigenvalue weighted by Crippen LogP contribution is 2.27. The highest BCUT2D eigenvalue weighted by molar-refractivity contribution is 9.10. The Kier molecular flexibility index (Phi) is 10.1. The van der Waals surface area contributed by atoms with E-state index in [0.717, 1.165) is 21.0 Å². The molecule has 7 nitrogen and oxygen atoms in total. The van der Waals surface area contributed by atoms with Crippen molar-refractivity contribution in [3.05, 3.63) is 94.0 Å². The van der Waals surface area contributed by atoms with Crippen molar-refractivity contribution in [1.29, 1.82) is 0 Å². The fourth-order valence-corrected chi connectivity index (χ4v) is 6.01. The van der Waals surface area contributed by atoms with Crippen LogP contribution in [0.1, 0.15) is 37.0 Å². The number of nitrogens with one attached hydrogen (secondary N) is 1. The van der Waals surface area contributed by atoms with Crippen molar-refractivity contribution in [2.45, 2.75) is 51.6 Å². The van der Waals surface area contributed by atoms with E-state index in [4.69, 9.17) is 0 Å². The molecular weight excluding hydrogens is 566 g/mol. The largest absolute Gasteiger partial charge is 0.355 e. The molecule has 3 aromatic carbocycles. The summed E-state index contributed by atoms with van der Waals surface area (Å²) in [5, 5.41) is 2.81. The number of carbonyl (C=O) groups is 2. The van der Waals surface area contributed by atoms with Gasteiger partial charge in [-0.15, -0.1) is 0 Å². The zero-order valence-electron chi connectivity index (χ0n) is 22.1. The van der Waals surface area contributed by atoms with Gasteiger partial charge < -0.3 is 10.2 Å². The van der Waals surface area contributed by atoms with Gasteiger partial charge in [-0.25, -0.2) is 8.42 Å². The Morgan fingerprint density at radius 3 is 2.21 bits per heavy atom. The molecule has 1 unspecified atom stereocenters. The molecule has 0 saturated heterocycles. The Labute approximate surface area is 234 Å². The topological polar surface area (TPSA) is 86.8 Å². The van der Waals surface area contributed by atoms with E-state index in [9.17, 15) is 18.0 Å². The van der Waals surface area contributed by atoms with Crippen molar-refractivity contribution in [2.24, 2.45) is 0 Å². The third-order valence-corrected chi connectivity index (χ3v) is 8.44. The number of benzene rings is 3. The van der Waals surface area contributed by atoms with Gasteiger partial charge in [-0.05, 0) is 63.1 Å². The van der Waals surface area contributed by atoms with Crippen LogP contribution in [0.25, 0.3) is 0 Å². The molecule has 0 aliphatic heterocycles. The number of carbonyl (C=O) groups excluding carboxylic acids is 2. The molecular formula is C29H34BrN3O4S. The highest BCUT2D eigenvalue weighted by Gasteiger charge is 2.33. The molecule has 0 radical (unpaired) electrons. The van der Waals surface area contributed by atoms with Gasteiger partial charge in [0.15, 0.2) is 0 Å². The first-order valence-corrected chi connectivity index (χ1v) is 14.8. The van der Waals surface area contributed by atoms with Gasteiger partial charge >= 0.3 is 0 Å². The Balaban J connectivity index is 2.06. The maximum absolute atomic E-state index is 14.0. The normalized spacial score (nSPS) is 12.0. The van der Waals surface area contributed by atoms with Gasteiger partial charge in [0.05, 0.1) is 10.6 Å². The van der Waals surface area contributed by atoms with Gasteiger partial charge in [-0.2, -0.15) is 0 Å². The molecule has 3 aromatic rings. The predicted molar refractivity (Wildman–Crippen MR) is 154 cm³/mol. The lowest BCUT2D eigenvalue weighted by atomic mass is 10.1. The molecule has 1 N–H and O–H groups in total. The van der Waals surface area contributed by atoms with Crippen LogP contribution < -0.4 is 9.62 Å². The third kappa shape index (κ3) is 7.23. The second-order valence-electron chi connectivity index (χ2n) is 9.13. The summed E-state index contributed by atoms with van der Waals surface area (Å²) in [4.78, 5) is 28.5. The van der Waals surface area contributed by atoms with Crippen LogP contribution in [0.3, 0.4) is 0 Å². The van der Waals surface area contributed by atoms with Crippen LogP contribution in [-0.2, 0) is 26.2 Å². The molecule has 0 bridgehead atoms. The van der Waals surface area contributed by atoms with Crippen molar-refractivity contribution < 1.29 is 18.0 Å². The van der Waals surface area contributed by atoms with Crippen molar-refractivity contribution in [2.75, 3.05) is 17.4 Å². The second-order valence-corrected chi connectivity index (χ2v) is 11.9. The van der Waals surface area contributed by atoms with Crippen LogP contribution in [0.4, 0.5) is 5.69 Å². The number of halogens is 1. The van der Waals surface area contributed by atoms with E-state index in [1.165, 1.54) is 17.0 Å². The van der Waals surface area contributed by atoms with Crippen LogP contribution >= 0.6 is 15.9 Å². The van der Waals surface area contributed by atoms with Crippen LogP contribution in [0.2, 0.25) is 0 Å². The summed E-state index contributed by atoms with van der Waals surface area (Å²) in [7, 11) is -4.09. The lowest BCUT2D eigenvalue weighted by Crippen LogP contribution is -2.52. The molecule has 0 aromatic heterocycles. The number of rotatable bonds is 11. The smallest absolute Gasteiger partial charge is 0.264 e. The quantitative estimate of drug-likeness (QED) is 0.328. The van der Waals surface area contributed by atoms with E-state index in [1.54, 1.807) is 36.4 Å². The van der Waals surface area contributed by atoms with Crippen molar-refractivity contribution in [3.63, 3.8) is 0 Å². The fourth-order valence-electron chi connectivity index (χ4n) is 4.22. The molecule has 38 heavy (non-hydrogen) atoms.